The van der Waals surface area contributed by atoms with E-state index in [-0.39, 0.29) is 5.91 Å². The number of hydrogen-bond donors (Lipinski definition) is 1. The van der Waals surface area contributed by atoms with Crippen LogP contribution < -0.4 is 14.9 Å². The van der Waals surface area contributed by atoms with Crippen molar-refractivity contribution in [1.82, 2.24) is 5.43 Å². The van der Waals surface area contributed by atoms with E-state index in [9.17, 15) is 4.79 Å². The summed E-state index contributed by atoms with van der Waals surface area (Å²) in [4.78, 5) is 12.0. The van der Waals surface area contributed by atoms with Crippen molar-refractivity contribution in [3.05, 3.63) is 95.1 Å². The van der Waals surface area contributed by atoms with E-state index < -0.39 is 0 Å². The summed E-state index contributed by atoms with van der Waals surface area (Å²) in [7, 11) is 0. The van der Waals surface area contributed by atoms with Gasteiger partial charge in [0, 0.05) is 12.0 Å². The molecular weight excluding hydrogens is 376 g/mol. The van der Waals surface area contributed by atoms with Crippen LogP contribution in [0.5, 0.6) is 11.5 Å². The summed E-state index contributed by atoms with van der Waals surface area (Å²) in [5.74, 6) is 1.39. The number of ether oxygens (including phenoxy) is 2. The maximum Gasteiger partial charge on any atom is 0.271 e. The van der Waals surface area contributed by atoms with E-state index in [1.807, 2.05) is 54.6 Å². The van der Waals surface area contributed by atoms with Crippen molar-refractivity contribution in [3.8, 4) is 11.5 Å². The van der Waals surface area contributed by atoms with Gasteiger partial charge in [-0.05, 0) is 66.9 Å². The molecule has 0 saturated heterocycles. The molecule has 0 aliphatic heterocycles. The minimum atomic E-state index is -0.247. The van der Waals surface area contributed by atoms with E-state index in [4.69, 9.17) is 9.47 Å². The first-order valence-corrected chi connectivity index (χ1v) is 9.92. The van der Waals surface area contributed by atoms with E-state index in [0.717, 1.165) is 23.5 Å². The van der Waals surface area contributed by atoms with Crippen molar-refractivity contribution in [3.63, 3.8) is 0 Å². The number of aryl methyl sites for hydroxylation is 2. The topological polar surface area (TPSA) is 59.9 Å². The van der Waals surface area contributed by atoms with Crippen molar-refractivity contribution in [2.45, 2.75) is 20.3 Å². The molecule has 3 rings (SSSR count). The van der Waals surface area contributed by atoms with Crippen LogP contribution in [0.2, 0.25) is 0 Å². The summed E-state index contributed by atoms with van der Waals surface area (Å²) in [5, 5.41) is 4.02. The Morgan fingerprint density at radius 3 is 2.30 bits per heavy atom. The Morgan fingerprint density at radius 2 is 1.57 bits per heavy atom. The Labute approximate surface area is 177 Å². The van der Waals surface area contributed by atoms with E-state index in [0.29, 0.717) is 18.8 Å². The number of carbonyl (C=O) groups excluding carboxylic acids is 1. The maximum absolute atomic E-state index is 12.0. The van der Waals surface area contributed by atoms with E-state index in [1.165, 1.54) is 11.1 Å². The molecule has 0 spiro atoms. The lowest BCUT2D eigenvalue weighted by molar-refractivity contribution is 0.0955. The number of hydrazone groups is 1. The molecule has 0 aromatic heterocycles. The third-order valence-electron chi connectivity index (χ3n) is 4.30. The van der Waals surface area contributed by atoms with Crippen LogP contribution in [0, 0.1) is 13.8 Å². The monoisotopic (exact) mass is 402 g/mol. The van der Waals surface area contributed by atoms with E-state index in [1.54, 1.807) is 18.3 Å². The van der Waals surface area contributed by atoms with E-state index >= 15 is 0 Å². The lowest BCUT2D eigenvalue weighted by atomic mass is 10.1. The van der Waals surface area contributed by atoms with Crippen LogP contribution in [0.3, 0.4) is 0 Å². The third-order valence-corrected chi connectivity index (χ3v) is 4.30. The molecule has 1 N–H and O–H groups in total. The standard InChI is InChI=1S/C25H26N2O3/c1-19-14-20(2)16-24(15-19)30-13-7-12-29-23-11-6-8-21(17-23)18-26-27-25(28)22-9-4-3-5-10-22/h3-6,8-11,14-18H,7,12-13H2,1-2H3,(H,27,28). The van der Waals surface area contributed by atoms with Crippen molar-refractivity contribution >= 4 is 12.1 Å². The molecule has 0 bridgehead atoms. The molecule has 154 valence electrons. The molecule has 0 unspecified atom stereocenters. The molecule has 0 aliphatic carbocycles. The number of nitrogens with zero attached hydrogens (tertiary/aromatic N) is 1. The first-order valence-electron chi connectivity index (χ1n) is 9.92. The molecule has 0 fully saturated rings. The highest BCUT2D eigenvalue weighted by atomic mass is 16.5. The Morgan fingerprint density at radius 1 is 0.867 bits per heavy atom. The molecule has 0 saturated carbocycles. The van der Waals surface area contributed by atoms with Gasteiger partial charge in [-0.15, -0.1) is 0 Å². The van der Waals surface area contributed by atoms with Crippen molar-refractivity contribution < 1.29 is 14.3 Å². The van der Waals surface area contributed by atoms with Crippen LogP contribution in [-0.2, 0) is 0 Å². The summed E-state index contributed by atoms with van der Waals surface area (Å²) in [6.45, 7) is 5.27. The number of carbonyl (C=O) groups is 1. The summed E-state index contributed by atoms with van der Waals surface area (Å²) < 4.78 is 11.6. The van der Waals surface area contributed by atoms with Crippen molar-refractivity contribution in [1.29, 1.82) is 0 Å². The van der Waals surface area contributed by atoms with Crippen LogP contribution in [0.1, 0.15) is 33.5 Å². The van der Waals surface area contributed by atoms with Crippen LogP contribution in [-0.4, -0.2) is 25.3 Å². The SMILES string of the molecule is Cc1cc(C)cc(OCCCOc2cccc(C=NNC(=O)c3ccccc3)c2)c1. The Bertz CT molecular complexity index is 980. The van der Waals surface area contributed by atoms with Gasteiger partial charge < -0.3 is 9.47 Å². The number of hydrogen-bond acceptors (Lipinski definition) is 4. The second-order valence-corrected chi connectivity index (χ2v) is 7.01. The molecule has 0 heterocycles. The van der Waals surface area contributed by atoms with Crippen LogP contribution in [0.25, 0.3) is 0 Å². The van der Waals surface area contributed by atoms with Crippen LogP contribution in [0.4, 0.5) is 0 Å². The fraction of sp³-hybridized carbons (Fsp3) is 0.200. The van der Waals surface area contributed by atoms with Gasteiger partial charge in [0.05, 0.1) is 19.4 Å². The summed E-state index contributed by atoms with van der Waals surface area (Å²) in [6.07, 6.45) is 2.37. The molecule has 3 aromatic rings. The predicted octanol–water partition coefficient (Wildman–Crippen LogP) is 4.92. The van der Waals surface area contributed by atoms with Gasteiger partial charge >= 0.3 is 0 Å². The maximum atomic E-state index is 12.0. The number of rotatable bonds is 9. The minimum absolute atomic E-state index is 0.247. The van der Waals surface area contributed by atoms with E-state index in [2.05, 4.69) is 30.4 Å². The summed E-state index contributed by atoms with van der Waals surface area (Å²) in [5.41, 5.74) is 6.32. The molecule has 1 amide bonds. The smallest absolute Gasteiger partial charge is 0.271 e. The minimum Gasteiger partial charge on any atom is -0.493 e. The molecule has 0 aliphatic rings. The summed E-state index contributed by atoms with van der Waals surface area (Å²) >= 11 is 0. The van der Waals surface area contributed by atoms with Crippen molar-refractivity contribution in [2.24, 2.45) is 5.10 Å². The van der Waals surface area contributed by atoms with Crippen molar-refractivity contribution in [2.75, 3.05) is 13.2 Å². The Balaban J connectivity index is 1.42. The molecular formula is C25H26N2O3. The normalized spacial score (nSPS) is 10.7. The van der Waals surface area contributed by atoms with Gasteiger partial charge in [-0.3, -0.25) is 4.79 Å². The zero-order valence-corrected chi connectivity index (χ0v) is 17.3. The van der Waals surface area contributed by atoms with Gasteiger partial charge in [-0.2, -0.15) is 5.10 Å². The lowest BCUT2D eigenvalue weighted by Crippen LogP contribution is -2.17. The zero-order valence-electron chi connectivity index (χ0n) is 17.3. The van der Waals surface area contributed by atoms with Gasteiger partial charge in [-0.1, -0.05) is 36.4 Å². The van der Waals surface area contributed by atoms with Gasteiger partial charge in [0.1, 0.15) is 11.5 Å². The molecule has 0 radical (unpaired) electrons. The summed E-state index contributed by atoms with van der Waals surface area (Å²) in [6, 6.07) is 22.7. The molecule has 30 heavy (non-hydrogen) atoms. The molecule has 5 nitrogen and oxygen atoms in total. The largest absolute Gasteiger partial charge is 0.493 e. The number of nitrogens with one attached hydrogen (secondary N) is 1. The number of amides is 1. The fourth-order valence-electron chi connectivity index (χ4n) is 2.96. The predicted molar refractivity (Wildman–Crippen MR) is 119 cm³/mol. The average Bonchev–Trinajstić information content (AvgIpc) is 2.74. The lowest BCUT2D eigenvalue weighted by Gasteiger charge is -2.09. The van der Waals surface area contributed by atoms with Crippen LogP contribution in [0.15, 0.2) is 77.9 Å². The average molecular weight is 402 g/mol. The Hall–Kier alpha value is -3.60. The molecule has 5 heteroatoms. The van der Waals surface area contributed by atoms with Gasteiger partial charge in [0.25, 0.3) is 5.91 Å². The van der Waals surface area contributed by atoms with Crippen LogP contribution >= 0.6 is 0 Å². The zero-order chi connectivity index (χ0) is 21.2. The molecule has 3 aromatic carbocycles. The van der Waals surface area contributed by atoms with Gasteiger partial charge in [0.2, 0.25) is 0 Å². The highest BCUT2D eigenvalue weighted by molar-refractivity contribution is 5.94. The van der Waals surface area contributed by atoms with Gasteiger partial charge in [-0.25, -0.2) is 5.43 Å². The first-order chi connectivity index (χ1) is 14.6. The second kappa shape index (κ2) is 10.8. The first kappa shape index (κ1) is 21.1. The Kier molecular flexibility index (Phi) is 7.61. The molecule has 0 atom stereocenters. The highest BCUT2D eigenvalue weighted by Gasteiger charge is 2.02. The fourth-order valence-corrected chi connectivity index (χ4v) is 2.96. The van der Waals surface area contributed by atoms with Gasteiger partial charge in [0.15, 0.2) is 0 Å². The second-order valence-electron chi connectivity index (χ2n) is 7.01. The number of benzene rings is 3. The highest BCUT2D eigenvalue weighted by Crippen LogP contribution is 2.17. The third kappa shape index (κ3) is 6.78. The quantitative estimate of drug-likeness (QED) is 0.314.